The molecule has 39 heavy (non-hydrogen) atoms. The molecule has 4 rings (SSSR count). The van der Waals surface area contributed by atoms with E-state index >= 15 is 0 Å². The van der Waals surface area contributed by atoms with Crippen molar-refractivity contribution in [1.29, 1.82) is 0 Å². The van der Waals surface area contributed by atoms with Crippen LogP contribution < -0.4 is 21.7 Å². The van der Waals surface area contributed by atoms with Crippen LogP contribution in [0.25, 0.3) is 0 Å². The van der Waals surface area contributed by atoms with E-state index in [0.29, 0.717) is 17.5 Å². The highest BCUT2D eigenvalue weighted by Crippen LogP contribution is 2.22. The number of benzene rings is 2. The molecule has 10 nitrogen and oxygen atoms in total. The van der Waals surface area contributed by atoms with E-state index in [1.54, 1.807) is 0 Å². The fourth-order valence-corrected chi connectivity index (χ4v) is 3.57. The normalized spacial score (nSPS) is 12.3. The summed E-state index contributed by atoms with van der Waals surface area (Å²) in [4.78, 5) is 48.6. The van der Waals surface area contributed by atoms with Crippen molar-refractivity contribution in [2.45, 2.75) is 20.0 Å². The van der Waals surface area contributed by atoms with E-state index in [1.807, 2.05) is 0 Å². The van der Waals surface area contributed by atoms with Crippen molar-refractivity contribution in [1.82, 2.24) is 19.1 Å². The quantitative estimate of drug-likeness (QED) is 0.343. The Morgan fingerprint density at radius 1 is 1.03 bits per heavy atom. The van der Waals surface area contributed by atoms with E-state index in [9.17, 15) is 27.6 Å². The Labute approximate surface area is 218 Å². The van der Waals surface area contributed by atoms with Gasteiger partial charge in [0.2, 0.25) is 11.5 Å². The van der Waals surface area contributed by atoms with Gasteiger partial charge in [-0.25, -0.2) is 37.3 Å². The zero-order valence-corrected chi connectivity index (χ0v) is 20.7. The first kappa shape index (κ1) is 27.1. The van der Waals surface area contributed by atoms with Gasteiger partial charge in [0.25, 0.3) is 0 Å². The number of nitrogens with zero attached hydrogens (tertiary/aromatic N) is 4. The summed E-state index contributed by atoms with van der Waals surface area (Å²) in [6.45, 7) is 0.770. The Balaban J connectivity index is 1.75. The Hall–Kier alpha value is -4.94. The number of carbonyl (C=O) groups excluding carboxylic acids is 1. The summed E-state index contributed by atoms with van der Waals surface area (Å²) in [6.07, 6.45) is 1.01. The van der Waals surface area contributed by atoms with Gasteiger partial charge in [-0.2, -0.15) is 0 Å². The second-order valence-electron chi connectivity index (χ2n) is 8.42. The topological polar surface area (TPSA) is 121 Å². The van der Waals surface area contributed by atoms with E-state index in [2.05, 4.69) is 19.7 Å². The van der Waals surface area contributed by atoms with Crippen LogP contribution in [0.1, 0.15) is 12.5 Å². The predicted octanol–water partition coefficient (Wildman–Crippen LogP) is 3.03. The number of ether oxygens (including phenoxy) is 2. The fraction of sp³-hybridized carbons (Fsp3) is 0.192. The molecular weight excluding hydrogens is 519 g/mol. The molecule has 1 atom stereocenters. The standard InChI is InChI=1S/C26H22F3N5O5/c1-15(23(35)38-2)13-34-25(36)32-24(33(26(34)37)14-16-3-4-17(27)11-21(16)29)31-19-6-8-20(9-7-19)39-22-10-5-18(28)12-30-22/h3-12,15H,13-14H2,1-2H3,(H,31,32,36)/t15-/m0/s1. The first-order chi connectivity index (χ1) is 18.6. The third-order valence-corrected chi connectivity index (χ3v) is 5.58. The molecule has 1 N–H and O–H groups in total. The molecule has 2 aromatic heterocycles. The number of hydrogen-bond acceptors (Lipinski definition) is 7. The van der Waals surface area contributed by atoms with Crippen LogP contribution in [-0.2, 0) is 22.6 Å². The molecular formula is C26H22F3N5O5. The first-order valence-corrected chi connectivity index (χ1v) is 11.5. The van der Waals surface area contributed by atoms with Crippen molar-refractivity contribution in [2.24, 2.45) is 10.9 Å². The number of pyridine rings is 1. The minimum Gasteiger partial charge on any atom is -0.469 e. The maximum absolute atomic E-state index is 14.4. The highest BCUT2D eigenvalue weighted by molar-refractivity contribution is 5.71. The average Bonchev–Trinajstić information content (AvgIpc) is 2.91. The van der Waals surface area contributed by atoms with Gasteiger partial charge in [0, 0.05) is 24.2 Å². The van der Waals surface area contributed by atoms with Gasteiger partial charge < -0.3 is 9.47 Å². The van der Waals surface area contributed by atoms with Gasteiger partial charge in [-0.15, -0.1) is 0 Å². The lowest BCUT2D eigenvalue weighted by Crippen LogP contribution is -2.51. The number of methoxy groups -OCH3 is 1. The number of carbonyl (C=O) groups is 1. The number of aromatic nitrogens is 4. The Bertz CT molecular complexity index is 1680. The number of aromatic amines is 1. The van der Waals surface area contributed by atoms with Crippen molar-refractivity contribution >= 4 is 11.7 Å². The number of esters is 1. The molecule has 0 aliphatic carbocycles. The molecule has 0 amide bonds. The van der Waals surface area contributed by atoms with Crippen molar-refractivity contribution in [3.8, 4) is 11.6 Å². The second-order valence-corrected chi connectivity index (χ2v) is 8.42. The Kier molecular flexibility index (Phi) is 8.08. The molecule has 0 aliphatic heterocycles. The summed E-state index contributed by atoms with van der Waals surface area (Å²) in [5, 5.41) is 0. The molecule has 202 valence electrons. The third kappa shape index (κ3) is 6.50. The van der Waals surface area contributed by atoms with Gasteiger partial charge in [0.05, 0.1) is 31.5 Å². The summed E-state index contributed by atoms with van der Waals surface area (Å²) in [7, 11) is 1.18. The van der Waals surface area contributed by atoms with Gasteiger partial charge in [0.1, 0.15) is 23.2 Å². The van der Waals surface area contributed by atoms with Crippen LogP contribution in [0.2, 0.25) is 0 Å². The van der Waals surface area contributed by atoms with Crippen LogP contribution in [0.15, 0.2) is 75.4 Å². The van der Waals surface area contributed by atoms with Gasteiger partial charge >= 0.3 is 17.3 Å². The molecule has 0 bridgehead atoms. The SMILES string of the molecule is COC(=O)[C@@H](C)Cn1c(=O)[nH]/c(=N\c2ccc(Oc3ccc(F)cn3)cc2)n(Cc2ccc(F)cc2F)c1=O. The smallest absolute Gasteiger partial charge is 0.335 e. The molecule has 2 aromatic carbocycles. The zero-order valence-electron chi connectivity index (χ0n) is 20.7. The molecule has 0 aliphatic rings. The zero-order chi connectivity index (χ0) is 28.1. The molecule has 0 saturated carbocycles. The Morgan fingerprint density at radius 3 is 2.38 bits per heavy atom. The average molecular weight is 541 g/mol. The van der Waals surface area contributed by atoms with E-state index in [0.717, 1.165) is 21.4 Å². The van der Waals surface area contributed by atoms with E-state index < -0.39 is 47.3 Å². The van der Waals surface area contributed by atoms with Gasteiger partial charge in [-0.05, 0) is 36.4 Å². The molecule has 13 heteroatoms. The number of rotatable bonds is 8. The molecule has 2 heterocycles. The monoisotopic (exact) mass is 541 g/mol. The Morgan fingerprint density at radius 2 is 1.74 bits per heavy atom. The maximum atomic E-state index is 14.4. The van der Waals surface area contributed by atoms with Crippen LogP contribution in [0.3, 0.4) is 0 Å². The van der Waals surface area contributed by atoms with Crippen molar-refractivity contribution in [3.05, 3.63) is 110 Å². The lowest BCUT2D eigenvalue weighted by molar-refractivity contribution is -0.145. The highest BCUT2D eigenvalue weighted by atomic mass is 19.1. The fourth-order valence-electron chi connectivity index (χ4n) is 3.57. The van der Waals surface area contributed by atoms with Crippen molar-refractivity contribution < 1.29 is 27.4 Å². The second kappa shape index (κ2) is 11.6. The van der Waals surface area contributed by atoms with Gasteiger partial charge in [-0.3, -0.25) is 14.3 Å². The molecule has 0 radical (unpaired) electrons. The molecule has 0 fully saturated rings. The van der Waals surface area contributed by atoms with E-state index in [4.69, 9.17) is 4.74 Å². The minimum absolute atomic E-state index is 0.0369. The molecule has 0 unspecified atom stereocenters. The third-order valence-electron chi connectivity index (χ3n) is 5.58. The van der Waals surface area contributed by atoms with Crippen LogP contribution >= 0.6 is 0 Å². The van der Waals surface area contributed by atoms with Crippen LogP contribution in [0.5, 0.6) is 11.6 Å². The van der Waals surface area contributed by atoms with Gasteiger partial charge in [0.15, 0.2) is 0 Å². The predicted molar refractivity (Wildman–Crippen MR) is 132 cm³/mol. The molecule has 4 aromatic rings. The maximum Gasteiger partial charge on any atom is 0.335 e. The summed E-state index contributed by atoms with van der Waals surface area (Å²) < 4.78 is 52.9. The van der Waals surface area contributed by atoms with E-state index in [-0.39, 0.29) is 23.6 Å². The summed E-state index contributed by atoms with van der Waals surface area (Å²) in [5.74, 6) is -3.16. The highest BCUT2D eigenvalue weighted by Gasteiger charge is 2.19. The number of hydrogen-bond donors (Lipinski definition) is 1. The lowest BCUT2D eigenvalue weighted by Gasteiger charge is -2.14. The molecule has 0 saturated heterocycles. The number of nitrogens with one attached hydrogen (secondary N) is 1. The van der Waals surface area contributed by atoms with Gasteiger partial charge in [-0.1, -0.05) is 13.0 Å². The van der Waals surface area contributed by atoms with Crippen molar-refractivity contribution in [3.63, 3.8) is 0 Å². The summed E-state index contributed by atoms with van der Waals surface area (Å²) in [5.41, 5.74) is -1.69. The summed E-state index contributed by atoms with van der Waals surface area (Å²) in [6, 6.07) is 11.5. The number of H-pyrrole nitrogens is 1. The van der Waals surface area contributed by atoms with Crippen LogP contribution in [0.4, 0.5) is 18.9 Å². The summed E-state index contributed by atoms with van der Waals surface area (Å²) >= 11 is 0. The number of halogens is 3. The van der Waals surface area contributed by atoms with Crippen molar-refractivity contribution in [2.75, 3.05) is 7.11 Å². The largest absolute Gasteiger partial charge is 0.469 e. The van der Waals surface area contributed by atoms with E-state index in [1.165, 1.54) is 56.5 Å². The van der Waals surface area contributed by atoms with Crippen LogP contribution in [-0.4, -0.2) is 32.2 Å². The minimum atomic E-state index is -0.899. The van der Waals surface area contributed by atoms with Crippen LogP contribution in [0, 0.1) is 23.4 Å². The first-order valence-electron chi connectivity index (χ1n) is 11.5. The lowest BCUT2D eigenvalue weighted by atomic mass is 10.2. The molecule has 0 spiro atoms.